The van der Waals surface area contributed by atoms with Gasteiger partial charge in [0.15, 0.2) is 0 Å². The Balaban J connectivity index is 2.53. The van der Waals surface area contributed by atoms with E-state index in [0.29, 0.717) is 0 Å². The summed E-state index contributed by atoms with van der Waals surface area (Å²) < 4.78 is 0. The molecular formula is C14H22N2OS. The summed E-state index contributed by atoms with van der Waals surface area (Å²) in [6.45, 7) is 6.05. The van der Waals surface area contributed by atoms with Crippen molar-refractivity contribution < 1.29 is 4.79 Å². The molecule has 0 aromatic heterocycles. The fourth-order valence-electron chi connectivity index (χ4n) is 1.54. The maximum absolute atomic E-state index is 12.0. The van der Waals surface area contributed by atoms with Crippen molar-refractivity contribution in [1.82, 2.24) is 0 Å². The van der Waals surface area contributed by atoms with Crippen LogP contribution in [0.25, 0.3) is 0 Å². The third-order valence-corrected chi connectivity index (χ3v) is 3.98. The van der Waals surface area contributed by atoms with Crippen LogP contribution in [-0.4, -0.2) is 16.9 Å². The second-order valence-electron chi connectivity index (χ2n) is 4.43. The lowest BCUT2D eigenvalue weighted by atomic mass is 10.2. The summed E-state index contributed by atoms with van der Waals surface area (Å²) in [7, 11) is 0. The number of benzene rings is 1. The Labute approximate surface area is 114 Å². The third-order valence-electron chi connectivity index (χ3n) is 2.74. The van der Waals surface area contributed by atoms with E-state index < -0.39 is 0 Å². The van der Waals surface area contributed by atoms with Crippen LogP contribution in [0.5, 0.6) is 0 Å². The van der Waals surface area contributed by atoms with Gasteiger partial charge in [0.2, 0.25) is 5.91 Å². The number of amides is 1. The zero-order valence-electron chi connectivity index (χ0n) is 11.3. The first-order valence-corrected chi connectivity index (χ1v) is 7.38. The normalized spacial score (nSPS) is 12.2. The second kappa shape index (κ2) is 7.31. The van der Waals surface area contributed by atoms with Crippen LogP contribution in [0.4, 0.5) is 11.4 Å². The maximum atomic E-state index is 12.0. The molecule has 100 valence electrons. The van der Waals surface area contributed by atoms with Gasteiger partial charge in [0.25, 0.3) is 0 Å². The second-order valence-corrected chi connectivity index (χ2v) is 5.88. The molecule has 0 fully saturated rings. The largest absolute Gasteiger partial charge is 0.399 e. The maximum Gasteiger partial charge on any atom is 0.237 e. The molecule has 0 aliphatic rings. The lowest BCUT2D eigenvalue weighted by molar-refractivity contribution is -0.115. The van der Waals surface area contributed by atoms with E-state index in [0.717, 1.165) is 29.1 Å². The number of nitrogen functional groups attached to an aromatic ring is 1. The molecule has 0 saturated heterocycles. The Kier molecular flexibility index (Phi) is 6.05. The first-order chi connectivity index (χ1) is 8.54. The quantitative estimate of drug-likeness (QED) is 0.612. The van der Waals surface area contributed by atoms with Crippen molar-refractivity contribution >= 4 is 29.0 Å². The minimum absolute atomic E-state index is 0.0199. The van der Waals surface area contributed by atoms with E-state index in [-0.39, 0.29) is 11.2 Å². The van der Waals surface area contributed by atoms with Crippen LogP contribution < -0.4 is 11.1 Å². The molecule has 0 aliphatic carbocycles. The van der Waals surface area contributed by atoms with E-state index in [1.807, 2.05) is 26.0 Å². The third kappa shape index (κ3) is 4.61. The Morgan fingerprint density at radius 1 is 1.50 bits per heavy atom. The number of carbonyl (C=O) groups excluding carboxylic acids is 1. The number of hydrogen-bond donors (Lipinski definition) is 2. The summed E-state index contributed by atoms with van der Waals surface area (Å²) in [6, 6.07) is 5.52. The van der Waals surface area contributed by atoms with Crippen LogP contribution in [0.15, 0.2) is 18.2 Å². The summed E-state index contributed by atoms with van der Waals surface area (Å²) in [5.74, 6) is 1.09. The van der Waals surface area contributed by atoms with Crippen LogP contribution in [0.3, 0.4) is 0 Å². The van der Waals surface area contributed by atoms with Gasteiger partial charge in [-0.2, -0.15) is 0 Å². The smallest absolute Gasteiger partial charge is 0.237 e. The number of nitrogens with two attached hydrogens (primary N) is 1. The number of unbranched alkanes of at least 4 members (excludes halogenated alkanes) is 1. The Morgan fingerprint density at radius 3 is 2.83 bits per heavy atom. The van der Waals surface area contributed by atoms with Gasteiger partial charge in [-0.15, -0.1) is 11.8 Å². The summed E-state index contributed by atoms with van der Waals surface area (Å²) in [4.78, 5) is 12.0. The highest BCUT2D eigenvalue weighted by molar-refractivity contribution is 8.00. The van der Waals surface area contributed by atoms with E-state index in [4.69, 9.17) is 5.73 Å². The van der Waals surface area contributed by atoms with E-state index in [1.54, 1.807) is 17.8 Å². The van der Waals surface area contributed by atoms with Gasteiger partial charge in [0.05, 0.1) is 5.25 Å². The molecule has 0 saturated carbocycles. The molecule has 0 spiro atoms. The number of rotatable bonds is 6. The van der Waals surface area contributed by atoms with Crippen molar-refractivity contribution in [1.29, 1.82) is 0 Å². The molecule has 0 bridgehead atoms. The Morgan fingerprint density at radius 2 is 2.22 bits per heavy atom. The number of carbonyl (C=O) groups is 1. The van der Waals surface area contributed by atoms with Gasteiger partial charge in [-0.25, -0.2) is 0 Å². The first-order valence-electron chi connectivity index (χ1n) is 6.33. The topological polar surface area (TPSA) is 55.1 Å². The molecule has 0 radical (unpaired) electrons. The minimum atomic E-state index is -0.0199. The number of aryl methyl sites for hydroxylation is 1. The van der Waals surface area contributed by atoms with E-state index in [9.17, 15) is 4.79 Å². The lowest BCUT2D eigenvalue weighted by Gasteiger charge is -2.13. The molecule has 3 N–H and O–H groups in total. The van der Waals surface area contributed by atoms with Crippen molar-refractivity contribution in [2.24, 2.45) is 0 Å². The fourth-order valence-corrected chi connectivity index (χ4v) is 2.56. The van der Waals surface area contributed by atoms with Gasteiger partial charge in [-0.05, 0) is 49.8 Å². The van der Waals surface area contributed by atoms with E-state index in [1.165, 1.54) is 6.42 Å². The average Bonchev–Trinajstić information content (AvgIpc) is 2.32. The summed E-state index contributed by atoms with van der Waals surface area (Å²) in [6.07, 6.45) is 2.32. The van der Waals surface area contributed by atoms with E-state index >= 15 is 0 Å². The molecule has 1 aromatic rings. The molecule has 1 atom stereocenters. The summed E-state index contributed by atoms with van der Waals surface area (Å²) >= 11 is 1.70. The molecule has 1 unspecified atom stereocenters. The first kappa shape index (κ1) is 14.9. The van der Waals surface area contributed by atoms with Crippen LogP contribution in [0, 0.1) is 6.92 Å². The molecule has 3 nitrogen and oxygen atoms in total. The van der Waals surface area contributed by atoms with Crippen molar-refractivity contribution in [3.8, 4) is 0 Å². The van der Waals surface area contributed by atoms with Gasteiger partial charge in [-0.3, -0.25) is 4.79 Å². The van der Waals surface area contributed by atoms with Crippen molar-refractivity contribution in [2.75, 3.05) is 16.8 Å². The van der Waals surface area contributed by atoms with Crippen molar-refractivity contribution in [3.05, 3.63) is 23.8 Å². The zero-order chi connectivity index (χ0) is 13.5. The molecule has 18 heavy (non-hydrogen) atoms. The highest BCUT2D eigenvalue weighted by Crippen LogP contribution is 2.20. The van der Waals surface area contributed by atoms with Crippen molar-refractivity contribution in [2.45, 2.75) is 38.9 Å². The predicted molar refractivity (Wildman–Crippen MR) is 81.0 cm³/mol. The molecule has 0 aliphatic heterocycles. The van der Waals surface area contributed by atoms with Crippen LogP contribution in [0.2, 0.25) is 0 Å². The fraction of sp³-hybridized carbons (Fsp3) is 0.500. The highest BCUT2D eigenvalue weighted by Gasteiger charge is 2.13. The number of anilines is 2. The monoisotopic (exact) mass is 266 g/mol. The van der Waals surface area contributed by atoms with Crippen LogP contribution >= 0.6 is 11.8 Å². The van der Waals surface area contributed by atoms with Gasteiger partial charge in [-0.1, -0.05) is 13.3 Å². The van der Waals surface area contributed by atoms with E-state index in [2.05, 4.69) is 12.2 Å². The number of hydrogen-bond acceptors (Lipinski definition) is 3. The molecule has 1 aromatic carbocycles. The number of nitrogens with one attached hydrogen (secondary N) is 1. The van der Waals surface area contributed by atoms with Crippen LogP contribution in [0.1, 0.15) is 32.3 Å². The van der Waals surface area contributed by atoms with Crippen molar-refractivity contribution in [3.63, 3.8) is 0 Å². The highest BCUT2D eigenvalue weighted by atomic mass is 32.2. The van der Waals surface area contributed by atoms with Gasteiger partial charge in [0.1, 0.15) is 0 Å². The Bertz CT molecular complexity index is 407. The molecular weight excluding hydrogens is 244 g/mol. The predicted octanol–water partition coefficient (Wildman–Crippen LogP) is 3.44. The van der Waals surface area contributed by atoms with Gasteiger partial charge in [0, 0.05) is 11.4 Å². The Hall–Kier alpha value is -1.16. The minimum Gasteiger partial charge on any atom is -0.399 e. The van der Waals surface area contributed by atoms with Gasteiger partial charge >= 0.3 is 0 Å². The molecule has 0 heterocycles. The molecule has 1 amide bonds. The average molecular weight is 266 g/mol. The standard InChI is InChI=1S/C14H22N2OS/c1-4-5-8-18-11(3)14(17)16-13-7-6-12(15)9-10(13)2/h6-7,9,11H,4-5,8,15H2,1-3H3,(H,16,17). The summed E-state index contributed by atoms with van der Waals surface area (Å²) in [5, 5.41) is 2.93. The lowest BCUT2D eigenvalue weighted by Crippen LogP contribution is -2.23. The SMILES string of the molecule is CCCCSC(C)C(=O)Nc1ccc(N)cc1C. The van der Waals surface area contributed by atoms with Gasteiger partial charge < -0.3 is 11.1 Å². The van der Waals surface area contributed by atoms with Crippen LogP contribution in [-0.2, 0) is 4.79 Å². The molecule has 1 rings (SSSR count). The number of thioether (sulfide) groups is 1. The summed E-state index contributed by atoms with van der Waals surface area (Å²) in [5.41, 5.74) is 8.24. The zero-order valence-corrected chi connectivity index (χ0v) is 12.1. The molecule has 4 heteroatoms.